The first-order chi connectivity index (χ1) is 6.93. The smallest absolute Gasteiger partial charge is 0.322 e. The first-order valence-electron chi connectivity index (χ1n) is 4.56. The molecule has 3 N–H and O–H groups in total. The Bertz CT molecular complexity index is 346. The molecule has 2 amide bonds. The van der Waals surface area contributed by atoms with Gasteiger partial charge in [-0.05, 0) is 20.8 Å². The van der Waals surface area contributed by atoms with Gasteiger partial charge in [0.05, 0.1) is 17.8 Å². The summed E-state index contributed by atoms with van der Waals surface area (Å²) in [5, 5.41) is 17.6. The van der Waals surface area contributed by atoms with Crippen LogP contribution >= 0.6 is 0 Å². The van der Waals surface area contributed by atoms with Crippen molar-refractivity contribution in [3.63, 3.8) is 0 Å². The van der Waals surface area contributed by atoms with Gasteiger partial charge in [0.1, 0.15) is 0 Å². The average Bonchev–Trinajstić information content (AvgIpc) is 2.50. The highest BCUT2D eigenvalue weighted by molar-refractivity contribution is 5.88. The molecule has 0 saturated carbocycles. The van der Waals surface area contributed by atoms with Crippen LogP contribution < -0.4 is 10.6 Å². The maximum Gasteiger partial charge on any atom is 0.322 e. The number of aliphatic hydroxyl groups excluding tert-OH is 1. The lowest BCUT2D eigenvalue weighted by atomic mass is 10.1. The molecule has 0 fully saturated rings. The molecule has 6 heteroatoms. The van der Waals surface area contributed by atoms with E-state index in [-0.39, 0.29) is 12.5 Å². The zero-order valence-electron chi connectivity index (χ0n) is 9.00. The Morgan fingerprint density at radius 1 is 1.67 bits per heavy atom. The molecular formula is C9H15N3O3. The molecule has 6 nitrogen and oxygen atoms in total. The molecule has 1 rings (SSSR count). The highest BCUT2D eigenvalue weighted by Gasteiger charge is 2.19. The van der Waals surface area contributed by atoms with E-state index in [0.717, 1.165) is 0 Å². The van der Waals surface area contributed by atoms with Crippen LogP contribution in [0.15, 0.2) is 10.6 Å². The molecule has 0 aliphatic carbocycles. The number of aromatic nitrogens is 1. The first kappa shape index (κ1) is 11.5. The molecule has 0 radical (unpaired) electrons. The van der Waals surface area contributed by atoms with Crippen molar-refractivity contribution >= 4 is 11.9 Å². The number of carbonyl (C=O) groups excluding carboxylic acids is 1. The predicted octanol–water partition coefficient (Wildman–Crippen LogP) is 0.875. The third kappa shape index (κ3) is 3.59. The zero-order chi connectivity index (χ0) is 11.5. The summed E-state index contributed by atoms with van der Waals surface area (Å²) in [5.74, 6) is 0.277. The Kier molecular flexibility index (Phi) is 3.31. The molecule has 0 spiro atoms. The van der Waals surface area contributed by atoms with Crippen molar-refractivity contribution in [2.45, 2.75) is 26.3 Å². The summed E-state index contributed by atoms with van der Waals surface area (Å²) in [5.41, 5.74) is 0.0193. The second-order valence-corrected chi connectivity index (χ2v) is 3.95. The average molecular weight is 213 g/mol. The van der Waals surface area contributed by atoms with E-state index in [9.17, 15) is 4.79 Å². The molecule has 0 aliphatic rings. The molecule has 15 heavy (non-hydrogen) atoms. The van der Waals surface area contributed by atoms with Crippen LogP contribution in [-0.4, -0.2) is 28.4 Å². The maximum absolute atomic E-state index is 11.4. The number of anilines is 1. The predicted molar refractivity (Wildman–Crippen MR) is 54.6 cm³/mol. The normalized spacial score (nSPS) is 11.2. The molecule has 0 unspecified atom stereocenters. The van der Waals surface area contributed by atoms with Crippen molar-refractivity contribution in [3.05, 3.63) is 11.8 Å². The molecule has 1 aromatic heterocycles. The number of nitrogens with zero attached hydrogens (tertiary/aromatic N) is 1. The van der Waals surface area contributed by atoms with E-state index in [1.54, 1.807) is 26.8 Å². The fraction of sp³-hybridized carbons (Fsp3) is 0.556. The second-order valence-electron chi connectivity index (χ2n) is 3.95. The number of aryl methyl sites for hydroxylation is 1. The van der Waals surface area contributed by atoms with Gasteiger partial charge in [0, 0.05) is 6.07 Å². The topological polar surface area (TPSA) is 87.4 Å². The number of hydrogen-bond acceptors (Lipinski definition) is 4. The van der Waals surface area contributed by atoms with Crippen LogP contribution in [0, 0.1) is 6.92 Å². The monoisotopic (exact) mass is 213 g/mol. The van der Waals surface area contributed by atoms with Gasteiger partial charge in [0.25, 0.3) is 0 Å². The molecule has 1 heterocycles. The Morgan fingerprint density at radius 2 is 2.33 bits per heavy atom. The quantitative estimate of drug-likeness (QED) is 0.695. The van der Waals surface area contributed by atoms with Crippen molar-refractivity contribution in [2.75, 3.05) is 11.9 Å². The SMILES string of the molecule is Cc1cc(NC(=O)NC(C)(C)CO)on1. The van der Waals surface area contributed by atoms with Gasteiger partial charge >= 0.3 is 6.03 Å². The number of urea groups is 1. The molecule has 0 atom stereocenters. The highest BCUT2D eigenvalue weighted by atomic mass is 16.5. The second kappa shape index (κ2) is 4.31. The maximum atomic E-state index is 11.4. The Labute approximate surface area is 87.6 Å². The van der Waals surface area contributed by atoms with Gasteiger partial charge in [-0.3, -0.25) is 5.32 Å². The summed E-state index contributed by atoms with van der Waals surface area (Å²) in [6.45, 7) is 5.02. The standard InChI is InChI=1S/C9H15N3O3/c1-6-4-7(15-12-6)10-8(14)11-9(2,3)5-13/h4,13H,5H2,1-3H3,(H2,10,11,14). The lowest BCUT2D eigenvalue weighted by Crippen LogP contribution is -2.48. The molecular weight excluding hydrogens is 198 g/mol. The third-order valence-corrected chi connectivity index (χ3v) is 1.71. The minimum atomic E-state index is -0.668. The Hall–Kier alpha value is -1.56. The van der Waals surface area contributed by atoms with Crippen LogP contribution in [0.5, 0.6) is 0 Å². The van der Waals surface area contributed by atoms with E-state index >= 15 is 0 Å². The van der Waals surface area contributed by atoms with Crippen molar-refractivity contribution in [1.29, 1.82) is 0 Å². The molecule has 0 saturated heterocycles. The van der Waals surface area contributed by atoms with Crippen LogP contribution in [0.25, 0.3) is 0 Å². The Morgan fingerprint density at radius 3 is 2.80 bits per heavy atom. The van der Waals surface area contributed by atoms with Crippen molar-refractivity contribution in [3.8, 4) is 0 Å². The summed E-state index contributed by atoms with van der Waals surface area (Å²) in [6.07, 6.45) is 0. The number of hydrogen-bond donors (Lipinski definition) is 3. The van der Waals surface area contributed by atoms with Crippen molar-refractivity contribution < 1.29 is 14.4 Å². The van der Waals surface area contributed by atoms with Crippen LogP contribution in [0.2, 0.25) is 0 Å². The van der Waals surface area contributed by atoms with E-state index < -0.39 is 11.6 Å². The molecule has 84 valence electrons. The van der Waals surface area contributed by atoms with Gasteiger partial charge < -0.3 is 14.9 Å². The number of carbonyl (C=O) groups is 1. The van der Waals surface area contributed by atoms with Gasteiger partial charge in [-0.25, -0.2) is 4.79 Å². The number of aliphatic hydroxyl groups is 1. The van der Waals surface area contributed by atoms with Crippen molar-refractivity contribution in [2.24, 2.45) is 0 Å². The van der Waals surface area contributed by atoms with Gasteiger partial charge in [-0.1, -0.05) is 5.16 Å². The van der Waals surface area contributed by atoms with Gasteiger partial charge in [0.2, 0.25) is 5.88 Å². The minimum Gasteiger partial charge on any atom is -0.394 e. The fourth-order valence-electron chi connectivity index (χ4n) is 0.913. The van der Waals surface area contributed by atoms with Crippen LogP contribution in [0.4, 0.5) is 10.7 Å². The Balaban J connectivity index is 2.50. The first-order valence-corrected chi connectivity index (χ1v) is 4.56. The van der Waals surface area contributed by atoms with E-state index in [2.05, 4.69) is 15.8 Å². The fourth-order valence-corrected chi connectivity index (χ4v) is 0.913. The summed E-state index contributed by atoms with van der Waals surface area (Å²) < 4.78 is 4.80. The lowest BCUT2D eigenvalue weighted by molar-refractivity contribution is 0.187. The molecule has 0 aromatic carbocycles. The molecule has 0 bridgehead atoms. The van der Waals surface area contributed by atoms with Gasteiger partial charge in [0.15, 0.2) is 0 Å². The number of amides is 2. The van der Waals surface area contributed by atoms with Crippen molar-refractivity contribution in [1.82, 2.24) is 10.5 Å². The van der Waals surface area contributed by atoms with E-state index in [1.807, 2.05) is 0 Å². The highest BCUT2D eigenvalue weighted by Crippen LogP contribution is 2.08. The van der Waals surface area contributed by atoms with Gasteiger partial charge in [-0.2, -0.15) is 0 Å². The van der Waals surface area contributed by atoms with E-state index in [4.69, 9.17) is 9.63 Å². The van der Waals surface area contributed by atoms with Crippen LogP contribution in [0.1, 0.15) is 19.5 Å². The summed E-state index contributed by atoms with van der Waals surface area (Å²) in [4.78, 5) is 11.4. The zero-order valence-corrected chi connectivity index (χ0v) is 9.00. The molecule has 1 aromatic rings. The van der Waals surface area contributed by atoms with E-state index in [0.29, 0.717) is 5.69 Å². The van der Waals surface area contributed by atoms with Crippen LogP contribution in [-0.2, 0) is 0 Å². The number of rotatable bonds is 3. The third-order valence-electron chi connectivity index (χ3n) is 1.71. The van der Waals surface area contributed by atoms with Crippen LogP contribution in [0.3, 0.4) is 0 Å². The summed E-state index contributed by atoms with van der Waals surface area (Å²) in [6, 6.07) is 1.16. The summed E-state index contributed by atoms with van der Waals surface area (Å²) in [7, 11) is 0. The summed E-state index contributed by atoms with van der Waals surface area (Å²) >= 11 is 0. The lowest BCUT2D eigenvalue weighted by Gasteiger charge is -2.22. The van der Waals surface area contributed by atoms with E-state index in [1.165, 1.54) is 0 Å². The number of nitrogens with one attached hydrogen (secondary N) is 2. The van der Waals surface area contributed by atoms with Gasteiger partial charge in [-0.15, -0.1) is 0 Å². The molecule has 0 aliphatic heterocycles. The largest absolute Gasteiger partial charge is 0.394 e. The minimum absolute atomic E-state index is 0.143.